The Morgan fingerprint density at radius 2 is 1.62 bits per heavy atom. The highest BCUT2D eigenvalue weighted by atomic mass is 16.3. The zero-order valence-corrected chi connectivity index (χ0v) is 20.0. The maximum Gasteiger partial charge on any atom is 0.0757 e. The Labute approximate surface area is 180 Å². The number of rotatable bonds is 4. The summed E-state index contributed by atoms with van der Waals surface area (Å²) in [7, 11) is 0. The lowest BCUT2D eigenvalue weighted by Crippen LogP contribution is -2.52. The average Bonchev–Trinajstić information content (AvgIpc) is 3.03. The Morgan fingerprint density at radius 1 is 0.897 bits per heavy atom. The van der Waals surface area contributed by atoms with E-state index in [0.717, 1.165) is 17.8 Å². The van der Waals surface area contributed by atoms with Crippen LogP contribution >= 0.6 is 0 Å². The summed E-state index contributed by atoms with van der Waals surface area (Å²) >= 11 is 0. The third kappa shape index (κ3) is 3.48. The fourth-order valence-corrected chi connectivity index (χ4v) is 8.24. The number of hydrogen-bond donors (Lipinski definition) is 1. The molecule has 3 saturated carbocycles. The van der Waals surface area contributed by atoms with Gasteiger partial charge in [-0.05, 0) is 90.8 Å². The van der Waals surface area contributed by atoms with Gasteiger partial charge in [0.1, 0.15) is 0 Å². The molecule has 0 spiro atoms. The first kappa shape index (κ1) is 21.7. The summed E-state index contributed by atoms with van der Waals surface area (Å²) in [4.78, 5) is 0. The van der Waals surface area contributed by atoms with Crippen molar-refractivity contribution in [1.29, 1.82) is 0 Å². The number of aliphatic hydroxyl groups excluding tert-OH is 1. The highest BCUT2D eigenvalue weighted by Gasteiger charge is 2.58. The van der Waals surface area contributed by atoms with Crippen LogP contribution in [-0.2, 0) is 0 Å². The van der Waals surface area contributed by atoms with Gasteiger partial charge in [-0.1, -0.05) is 78.2 Å². The molecular formula is C28H46O. The first-order valence-corrected chi connectivity index (χ1v) is 12.8. The van der Waals surface area contributed by atoms with E-state index in [1.807, 2.05) is 0 Å². The minimum absolute atomic E-state index is 0.197. The van der Waals surface area contributed by atoms with E-state index < -0.39 is 0 Å². The summed E-state index contributed by atoms with van der Waals surface area (Å²) in [5.74, 6) is 4.79. The summed E-state index contributed by atoms with van der Waals surface area (Å²) in [6, 6.07) is 0. The summed E-state index contributed by atoms with van der Waals surface area (Å²) in [5, 5.41) is 11.1. The van der Waals surface area contributed by atoms with Crippen molar-refractivity contribution < 1.29 is 5.11 Å². The molecule has 1 heteroatoms. The molecule has 0 aromatic carbocycles. The van der Waals surface area contributed by atoms with Crippen molar-refractivity contribution in [2.45, 2.75) is 99.0 Å². The molecule has 0 bridgehead atoms. The minimum atomic E-state index is -0.197. The number of fused-ring (bicyclic) bond motifs is 5. The monoisotopic (exact) mass is 398 g/mol. The van der Waals surface area contributed by atoms with E-state index in [0.29, 0.717) is 34.5 Å². The van der Waals surface area contributed by atoms with Crippen LogP contribution in [0.25, 0.3) is 0 Å². The zero-order chi connectivity index (χ0) is 21.0. The van der Waals surface area contributed by atoms with E-state index >= 15 is 0 Å². The van der Waals surface area contributed by atoms with Crippen LogP contribution in [0.4, 0.5) is 0 Å². The fourth-order valence-electron chi connectivity index (χ4n) is 8.24. The van der Waals surface area contributed by atoms with Crippen molar-refractivity contribution in [3.05, 3.63) is 23.8 Å². The van der Waals surface area contributed by atoms with Crippen LogP contribution in [-0.4, -0.2) is 11.2 Å². The van der Waals surface area contributed by atoms with Crippen molar-refractivity contribution in [3.63, 3.8) is 0 Å². The Morgan fingerprint density at radius 3 is 2.34 bits per heavy atom. The van der Waals surface area contributed by atoms with Crippen LogP contribution in [0.15, 0.2) is 23.8 Å². The molecule has 9 atom stereocenters. The summed E-state index contributed by atoms with van der Waals surface area (Å²) in [6.45, 7) is 14.6. The van der Waals surface area contributed by atoms with Gasteiger partial charge in [-0.25, -0.2) is 0 Å². The van der Waals surface area contributed by atoms with E-state index in [-0.39, 0.29) is 6.10 Å². The van der Waals surface area contributed by atoms with E-state index in [1.165, 1.54) is 51.4 Å². The highest BCUT2D eigenvalue weighted by molar-refractivity contribution is 5.29. The van der Waals surface area contributed by atoms with Gasteiger partial charge in [-0.2, -0.15) is 0 Å². The lowest BCUT2D eigenvalue weighted by molar-refractivity contribution is -0.0528. The molecule has 0 saturated heterocycles. The van der Waals surface area contributed by atoms with Crippen LogP contribution in [0.5, 0.6) is 0 Å². The largest absolute Gasteiger partial charge is 0.389 e. The molecule has 164 valence electrons. The van der Waals surface area contributed by atoms with Crippen molar-refractivity contribution >= 4 is 0 Å². The third-order valence-corrected chi connectivity index (χ3v) is 10.5. The molecule has 4 aliphatic rings. The molecule has 29 heavy (non-hydrogen) atoms. The van der Waals surface area contributed by atoms with Crippen LogP contribution in [0.1, 0.15) is 92.9 Å². The Kier molecular flexibility index (Phi) is 5.86. The molecule has 1 N–H and O–H groups in total. The second-order valence-electron chi connectivity index (χ2n) is 12.2. The van der Waals surface area contributed by atoms with Crippen LogP contribution in [0.3, 0.4) is 0 Å². The lowest BCUT2D eigenvalue weighted by Gasteiger charge is -2.58. The molecular weight excluding hydrogens is 352 g/mol. The number of allylic oxidation sites excluding steroid dienone is 3. The van der Waals surface area contributed by atoms with Gasteiger partial charge in [-0.15, -0.1) is 0 Å². The molecule has 0 aliphatic heterocycles. The van der Waals surface area contributed by atoms with Crippen molar-refractivity contribution in [3.8, 4) is 0 Å². The van der Waals surface area contributed by atoms with Gasteiger partial charge in [0.15, 0.2) is 0 Å². The van der Waals surface area contributed by atoms with Crippen molar-refractivity contribution in [2.75, 3.05) is 0 Å². The fraction of sp³-hybridized carbons (Fsp3) is 0.857. The summed E-state index contributed by atoms with van der Waals surface area (Å²) in [5.41, 5.74) is 2.45. The van der Waals surface area contributed by atoms with Crippen LogP contribution in [0, 0.1) is 52.3 Å². The standard InChI is InChI=1S/C28H46O/c1-18(2)19(3)10-11-20(4)22-12-13-23-21-17-26(29)25-9-7-8-15-27(25,5)24(21)14-16-28(22,23)6/h10-11,17-20,22-26,29H,7-9,12-16H2,1-6H3/t19-,20+,22+,23-,24-,25?,26?,27+,28+/m0/s1. The second kappa shape index (κ2) is 7.85. The van der Waals surface area contributed by atoms with E-state index in [2.05, 4.69) is 59.8 Å². The SMILES string of the molecule is CC(C)[C@@H](C)C=C[C@@H](C)[C@H]1CC[C@H]2C3=CC(O)C4CCCC[C@]4(C)[C@H]3CC[C@]12C. The van der Waals surface area contributed by atoms with Crippen molar-refractivity contribution in [1.82, 2.24) is 0 Å². The Bertz CT molecular complexity index is 659. The maximum atomic E-state index is 11.1. The average molecular weight is 399 g/mol. The van der Waals surface area contributed by atoms with Crippen LogP contribution < -0.4 is 0 Å². The third-order valence-electron chi connectivity index (χ3n) is 10.5. The van der Waals surface area contributed by atoms with E-state index in [1.54, 1.807) is 5.57 Å². The first-order valence-electron chi connectivity index (χ1n) is 12.8. The van der Waals surface area contributed by atoms with Gasteiger partial charge in [0.05, 0.1) is 6.10 Å². The van der Waals surface area contributed by atoms with Gasteiger partial charge in [0, 0.05) is 0 Å². The molecule has 1 nitrogen and oxygen atoms in total. The second-order valence-corrected chi connectivity index (χ2v) is 12.2. The molecule has 0 aromatic rings. The smallest absolute Gasteiger partial charge is 0.0757 e. The Balaban J connectivity index is 1.58. The van der Waals surface area contributed by atoms with Gasteiger partial charge in [-0.3, -0.25) is 0 Å². The van der Waals surface area contributed by atoms with E-state index in [4.69, 9.17) is 0 Å². The molecule has 0 radical (unpaired) electrons. The molecule has 0 amide bonds. The summed E-state index contributed by atoms with van der Waals surface area (Å²) in [6.07, 6.45) is 17.9. The quantitative estimate of drug-likeness (QED) is 0.489. The highest BCUT2D eigenvalue weighted by Crippen LogP contribution is 2.66. The molecule has 4 aliphatic carbocycles. The lowest BCUT2D eigenvalue weighted by atomic mass is 9.47. The van der Waals surface area contributed by atoms with Gasteiger partial charge < -0.3 is 5.11 Å². The molecule has 4 rings (SSSR count). The van der Waals surface area contributed by atoms with Gasteiger partial charge in [0.2, 0.25) is 0 Å². The van der Waals surface area contributed by atoms with E-state index in [9.17, 15) is 5.11 Å². The molecule has 0 heterocycles. The Hall–Kier alpha value is -0.560. The topological polar surface area (TPSA) is 20.2 Å². The number of aliphatic hydroxyl groups is 1. The number of hydrogen-bond acceptors (Lipinski definition) is 1. The molecule has 0 aromatic heterocycles. The molecule has 3 fully saturated rings. The predicted octanol–water partition coefficient (Wildman–Crippen LogP) is 7.41. The summed E-state index contributed by atoms with van der Waals surface area (Å²) < 4.78 is 0. The van der Waals surface area contributed by atoms with Gasteiger partial charge in [0.25, 0.3) is 0 Å². The van der Waals surface area contributed by atoms with Crippen molar-refractivity contribution in [2.24, 2.45) is 52.3 Å². The molecule has 2 unspecified atom stereocenters. The first-order chi connectivity index (χ1) is 13.7. The minimum Gasteiger partial charge on any atom is -0.389 e. The maximum absolute atomic E-state index is 11.1. The predicted molar refractivity (Wildman–Crippen MR) is 124 cm³/mol. The normalized spacial score (nSPS) is 46.8. The zero-order valence-electron chi connectivity index (χ0n) is 20.0. The van der Waals surface area contributed by atoms with Gasteiger partial charge >= 0.3 is 0 Å². The van der Waals surface area contributed by atoms with Crippen LogP contribution in [0.2, 0.25) is 0 Å².